The van der Waals surface area contributed by atoms with Gasteiger partial charge in [0.1, 0.15) is 17.3 Å². The number of aliphatic hydroxyl groups is 1. The Bertz CT molecular complexity index is 1170. The SMILES string of the molecule is O=C(COc1ccc(Cl)c(F)c1)NC12CC(NC(=O)[C@@H]3C[C@H](O)c4cc(F)c(F)cc4O3)(C1)C2. The van der Waals surface area contributed by atoms with Gasteiger partial charge in [0.25, 0.3) is 11.8 Å². The number of aliphatic hydroxyl groups excluding tert-OH is 1. The largest absolute Gasteiger partial charge is 0.484 e. The molecule has 3 saturated carbocycles. The topological polar surface area (TPSA) is 96.9 Å². The highest BCUT2D eigenvalue weighted by molar-refractivity contribution is 6.30. The van der Waals surface area contributed by atoms with Gasteiger partial charge in [-0.05, 0) is 37.5 Å². The summed E-state index contributed by atoms with van der Waals surface area (Å²) in [7, 11) is 0. The zero-order valence-corrected chi connectivity index (χ0v) is 18.4. The van der Waals surface area contributed by atoms with Gasteiger partial charge in [0, 0.05) is 35.2 Å². The molecule has 2 bridgehead atoms. The van der Waals surface area contributed by atoms with Gasteiger partial charge < -0.3 is 25.2 Å². The Morgan fingerprint density at radius 2 is 1.74 bits per heavy atom. The van der Waals surface area contributed by atoms with Crippen molar-refractivity contribution < 1.29 is 37.3 Å². The van der Waals surface area contributed by atoms with Gasteiger partial charge in [-0.1, -0.05) is 11.6 Å². The Labute approximate surface area is 197 Å². The molecule has 0 aromatic heterocycles. The number of amides is 2. The van der Waals surface area contributed by atoms with Gasteiger partial charge >= 0.3 is 0 Å². The Morgan fingerprint density at radius 1 is 1.06 bits per heavy atom. The quantitative estimate of drug-likeness (QED) is 0.571. The van der Waals surface area contributed by atoms with E-state index in [1.807, 2.05) is 0 Å². The van der Waals surface area contributed by atoms with Gasteiger partial charge in [0.2, 0.25) is 0 Å². The van der Waals surface area contributed by atoms with Crippen molar-refractivity contribution in [2.24, 2.45) is 0 Å². The van der Waals surface area contributed by atoms with Crippen LogP contribution in [-0.4, -0.2) is 40.7 Å². The fourth-order valence-electron chi connectivity index (χ4n) is 5.04. The van der Waals surface area contributed by atoms with Crippen LogP contribution in [-0.2, 0) is 9.59 Å². The number of benzene rings is 2. The Morgan fingerprint density at radius 3 is 2.44 bits per heavy atom. The van der Waals surface area contributed by atoms with Gasteiger partial charge in [-0.25, -0.2) is 13.2 Å². The van der Waals surface area contributed by atoms with Crippen LogP contribution in [0.25, 0.3) is 0 Å². The van der Waals surface area contributed by atoms with E-state index in [9.17, 15) is 27.9 Å². The first-order chi connectivity index (χ1) is 16.1. The van der Waals surface area contributed by atoms with Gasteiger partial charge in [-0.2, -0.15) is 0 Å². The summed E-state index contributed by atoms with van der Waals surface area (Å²) in [5, 5.41) is 16.0. The Balaban J connectivity index is 1.11. The molecule has 11 heteroatoms. The van der Waals surface area contributed by atoms with Gasteiger partial charge in [-0.3, -0.25) is 9.59 Å². The maximum absolute atomic E-state index is 13.5. The second-order valence-corrected chi connectivity index (χ2v) is 9.56. The van der Waals surface area contributed by atoms with Crippen molar-refractivity contribution in [3.8, 4) is 11.5 Å². The van der Waals surface area contributed by atoms with Gasteiger partial charge in [0.15, 0.2) is 24.3 Å². The minimum absolute atomic E-state index is 0.0450. The molecule has 34 heavy (non-hydrogen) atoms. The molecule has 3 aliphatic carbocycles. The van der Waals surface area contributed by atoms with E-state index in [-0.39, 0.29) is 41.0 Å². The molecule has 2 atom stereocenters. The molecule has 2 amide bonds. The molecule has 0 unspecified atom stereocenters. The number of hydrogen-bond donors (Lipinski definition) is 3. The van der Waals surface area contributed by atoms with Crippen molar-refractivity contribution in [1.82, 2.24) is 10.6 Å². The lowest BCUT2D eigenvalue weighted by Crippen LogP contribution is -2.84. The van der Waals surface area contributed by atoms with E-state index in [4.69, 9.17) is 21.1 Å². The Hall–Kier alpha value is -2.98. The van der Waals surface area contributed by atoms with Crippen LogP contribution >= 0.6 is 11.6 Å². The minimum atomic E-state index is -1.16. The monoisotopic (exact) mass is 496 g/mol. The van der Waals surface area contributed by atoms with Crippen LogP contribution in [0.5, 0.6) is 11.5 Å². The summed E-state index contributed by atoms with van der Waals surface area (Å²) >= 11 is 5.61. The summed E-state index contributed by atoms with van der Waals surface area (Å²) in [6.45, 7) is -0.299. The van der Waals surface area contributed by atoms with Crippen LogP contribution in [0.2, 0.25) is 5.02 Å². The summed E-state index contributed by atoms with van der Waals surface area (Å²) in [6, 6.07) is 5.57. The third kappa shape index (κ3) is 4.05. The van der Waals surface area contributed by atoms with E-state index in [2.05, 4.69) is 10.6 Å². The zero-order valence-electron chi connectivity index (χ0n) is 17.7. The average molecular weight is 497 g/mol. The molecule has 4 aliphatic rings. The Kier molecular flexibility index (Phi) is 5.40. The van der Waals surface area contributed by atoms with E-state index >= 15 is 0 Å². The predicted molar refractivity (Wildman–Crippen MR) is 113 cm³/mol. The molecule has 0 radical (unpaired) electrons. The molecule has 1 heterocycles. The van der Waals surface area contributed by atoms with Crippen LogP contribution in [0.1, 0.15) is 37.4 Å². The van der Waals surface area contributed by atoms with Crippen LogP contribution in [0.15, 0.2) is 30.3 Å². The number of hydrogen-bond acceptors (Lipinski definition) is 5. The smallest absolute Gasteiger partial charge is 0.261 e. The second-order valence-electron chi connectivity index (χ2n) is 9.16. The van der Waals surface area contributed by atoms with E-state index in [0.717, 1.165) is 18.2 Å². The van der Waals surface area contributed by atoms with Gasteiger partial charge in [-0.15, -0.1) is 0 Å². The number of halogens is 4. The molecule has 2 aromatic rings. The first-order valence-electron chi connectivity index (χ1n) is 10.6. The van der Waals surface area contributed by atoms with Crippen LogP contribution < -0.4 is 20.1 Å². The summed E-state index contributed by atoms with van der Waals surface area (Å²) in [6.07, 6.45) is -0.775. The molecule has 0 spiro atoms. The highest BCUT2D eigenvalue weighted by atomic mass is 35.5. The van der Waals surface area contributed by atoms with Crippen molar-refractivity contribution in [2.45, 2.75) is 49.0 Å². The lowest BCUT2D eigenvalue weighted by molar-refractivity contribution is -0.155. The first kappa shape index (κ1) is 22.8. The minimum Gasteiger partial charge on any atom is -0.484 e. The molecule has 1 aliphatic heterocycles. The van der Waals surface area contributed by atoms with E-state index < -0.39 is 46.6 Å². The summed E-state index contributed by atoms with van der Waals surface area (Å²) in [4.78, 5) is 24.9. The van der Waals surface area contributed by atoms with Crippen LogP contribution in [0.4, 0.5) is 13.2 Å². The standard InChI is InChI=1S/C23H20ClF3N2O5/c24-13-2-1-11(3-14(13)25)33-7-20(31)28-22-8-23(9-22,10-22)29-21(32)19-6-17(30)12-4-15(26)16(27)5-18(12)34-19/h1-5,17,19,30H,6-10H2,(H,28,31)(H,29,32)/t17-,19-,22?,23?/m0/s1. The second kappa shape index (κ2) is 8.06. The lowest BCUT2D eigenvalue weighted by Gasteiger charge is -2.70. The predicted octanol–water partition coefficient (Wildman–Crippen LogP) is 2.93. The maximum atomic E-state index is 13.5. The molecule has 7 nitrogen and oxygen atoms in total. The lowest BCUT2D eigenvalue weighted by atomic mass is 9.44. The molecule has 2 aromatic carbocycles. The number of ether oxygens (including phenoxy) is 2. The van der Waals surface area contributed by atoms with Crippen molar-refractivity contribution in [3.05, 3.63) is 58.4 Å². The summed E-state index contributed by atoms with van der Waals surface area (Å²) in [5.41, 5.74) is -0.842. The number of carbonyl (C=O) groups excluding carboxylic acids is 2. The summed E-state index contributed by atoms with van der Waals surface area (Å²) in [5.74, 6) is -3.61. The molecule has 3 N–H and O–H groups in total. The van der Waals surface area contributed by atoms with Crippen molar-refractivity contribution in [2.75, 3.05) is 6.61 Å². The number of carbonyl (C=O) groups is 2. The van der Waals surface area contributed by atoms with Crippen LogP contribution in [0, 0.1) is 17.5 Å². The van der Waals surface area contributed by atoms with Crippen molar-refractivity contribution in [3.63, 3.8) is 0 Å². The number of nitrogens with one attached hydrogen (secondary N) is 2. The third-order valence-corrected chi connectivity index (χ3v) is 6.80. The average Bonchev–Trinajstić information content (AvgIpc) is 2.73. The number of rotatable bonds is 6. The van der Waals surface area contributed by atoms with Crippen molar-refractivity contribution >= 4 is 23.4 Å². The van der Waals surface area contributed by atoms with E-state index in [0.29, 0.717) is 19.3 Å². The molecule has 180 valence electrons. The first-order valence-corrected chi connectivity index (χ1v) is 11.0. The maximum Gasteiger partial charge on any atom is 0.261 e. The molecular formula is C23H20ClF3N2O5. The zero-order chi connectivity index (χ0) is 24.3. The van der Waals surface area contributed by atoms with E-state index in [1.54, 1.807) is 0 Å². The fourth-order valence-corrected chi connectivity index (χ4v) is 5.16. The molecule has 6 rings (SSSR count). The highest BCUT2D eigenvalue weighted by Crippen LogP contribution is 2.60. The molecular weight excluding hydrogens is 477 g/mol. The molecule has 0 saturated heterocycles. The molecule has 3 fully saturated rings. The fraction of sp³-hybridized carbons (Fsp3) is 0.391. The van der Waals surface area contributed by atoms with Crippen molar-refractivity contribution in [1.29, 1.82) is 0 Å². The van der Waals surface area contributed by atoms with Crippen LogP contribution in [0.3, 0.4) is 0 Å². The number of fused-ring (bicyclic) bond motifs is 1. The van der Waals surface area contributed by atoms with E-state index in [1.165, 1.54) is 12.1 Å². The summed E-state index contributed by atoms with van der Waals surface area (Å²) < 4.78 is 51.2. The normalized spacial score (nSPS) is 28.5. The third-order valence-electron chi connectivity index (χ3n) is 6.49. The highest BCUT2D eigenvalue weighted by Gasteiger charge is 2.69. The van der Waals surface area contributed by atoms with Gasteiger partial charge in [0.05, 0.1) is 11.1 Å².